The maximum absolute atomic E-state index is 10.3. The molecule has 0 heterocycles. The van der Waals surface area contributed by atoms with Crippen LogP contribution in [-0.4, -0.2) is 10.9 Å². The molecule has 100 valence electrons. The number of rotatable bonds is 6. The minimum absolute atomic E-state index is 0.401. The number of thioether (sulfide) groups is 1. The Bertz CT molecular complexity index is 496. The van der Waals surface area contributed by atoms with Gasteiger partial charge in [0, 0.05) is 10.6 Å². The number of benzene rings is 2. The summed E-state index contributed by atoms with van der Waals surface area (Å²) in [6, 6.07) is 18.5. The van der Waals surface area contributed by atoms with Gasteiger partial charge in [-0.2, -0.15) is 0 Å². The summed E-state index contributed by atoms with van der Waals surface area (Å²) in [5, 5.41) is 10.3. The Kier molecular flexibility index (Phi) is 5.49. The van der Waals surface area contributed by atoms with E-state index in [0.717, 1.165) is 18.4 Å². The van der Waals surface area contributed by atoms with Crippen molar-refractivity contribution >= 4 is 11.8 Å². The molecule has 19 heavy (non-hydrogen) atoms. The second-order valence-corrected chi connectivity index (χ2v) is 5.73. The monoisotopic (exact) mass is 272 g/mol. The fraction of sp³-hybridized carbons (Fsp3) is 0.294. The average Bonchev–Trinajstić information content (AvgIpc) is 2.46. The Hall–Kier alpha value is -1.25. The van der Waals surface area contributed by atoms with Gasteiger partial charge in [0.05, 0.1) is 6.10 Å². The van der Waals surface area contributed by atoms with E-state index in [9.17, 15) is 5.11 Å². The summed E-state index contributed by atoms with van der Waals surface area (Å²) in [6.07, 6.45) is 1.81. The van der Waals surface area contributed by atoms with Crippen LogP contribution in [0.15, 0.2) is 59.5 Å². The lowest BCUT2D eigenvalue weighted by Crippen LogP contribution is -2.01. The Morgan fingerprint density at radius 3 is 2.58 bits per heavy atom. The third-order valence-corrected chi connectivity index (χ3v) is 4.11. The van der Waals surface area contributed by atoms with Crippen LogP contribution in [0.25, 0.3) is 0 Å². The van der Waals surface area contributed by atoms with Gasteiger partial charge in [-0.3, -0.25) is 0 Å². The van der Waals surface area contributed by atoms with Gasteiger partial charge in [0.25, 0.3) is 0 Å². The first-order valence-electron chi connectivity index (χ1n) is 6.74. The van der Waals surface area contributed by atoms with Crippen molar-refractivity contribution in [3.8, 4) is 0 Å². The van der Waals surface area contributed by atoms with Gasteiger partial charge in [0.2, 0.25) is 0 Å². The highest BCUT2D eigenvalue weighted by molar-refractivity contribution is 7.99. The molecule has 0 spiro atoms. The van der Waals surface area contributed by atoms with E-state index in [1.807, 2.05) is 30.3 Å². The maximum atomic E-state index is 10.3. The summed E-state index contributed by atoms with van der Waals surface area (Å²) >= 11 is 1.69. The zero-order chi connectivity index (χ0) is 13.5. The van der Waals surface area contributed by atoms with Gasteiger partial charge in [0.1, 0.15) is 0 Å². The van der Waals surface area contributed by atoms with Gasteiger partial charge in [0.15, 0.2) is 0 Å². The lowest BCUT2D eigenvalue weighted by molar-refractivity contribution is 0.204. The molecule has 1 unspecified atom stereocenters. The van der Waals surface area contributed by atoms with E-state index >= 15 is 0 Å². The highest BCUT2D eigenvalue weighted by Gasteiger charge is 2.08. The van der Waals surface area contributed by atoms with Crippen molar-refractivity contribution < 1.29 is 5.11 Å². The molecule has 0 aromatic heterocycles. The largest absolute Gasteiger partial charge is 0.388 e. The van der Waals surface area contributed by atoms with E-state index < -0.39 is 6.10 Å². The van der Waals surface area contributed by atoms with Crippen LogP contribution in [0.4, 0.5) is 0 Å². The van der Waals surface area contributed by atoms with Gasteiger partial charge in [-0.1, -0.05) is 55.8 Å². The summed E-state index contributed by atoms with van der Waals surface area (Å²) in [4.78, 5) is 1.20. The number of aliphatic hydroxyl groups excluding tert-OH is 1. The first-order valence-corrected chi connectivity index (χ1v) is 7.73. The molecule has 0 bridgehead atoms. The van der Waals surface area contributed by atoms with Gasteiger partial charge >= 0.3 is 0 Å². The van der Waals surface area contributed by atoms with Crippen molar-refractivity contribution in [3.63, 3.8) is 0 Å². The minimum atomic E-state index is -0.401. The fourth-order valence-electron chi connectivity index (χ4n) is 2.03. The van der Waals surface area contributed by atoms with Gasteiger partial charge in [-0.25, -0.2) is 0 Å². The average molecular weight is 272 g/mol. The van der Waals surface area contributed by atoms with Crippen LogP contribution >= 0.6 is 11.8 Å². The molecule has 0 aliphatic heterocycles. The zero-order valence-corrected chi connectivity index (χ0v) is 12.1. The quantitative estimate of drug-likeness (QED) is 0.783. The molecule has 1 atom stereocenters. The summed E-state index contributed by atoms with van der Waals surface area (Å²) in [6.45, 7) is 2.17. The lowest BCUT2D eigenvalue weighted by atomic mass is 10.0. The highest BCUT2D eigenvalue weighted by atomic mass is 32.2. The lowest BCUT2D eigenvalue weighted by Gasteiger charge is -2.12. The van der Waals surface area contributed by atoms with Crippen LogP contribution < -0.4 is 0 Å². The van der Waals surface area contributed by atoms with Crippen molar-refractivity contribution in [2.24, 2.45) is 0 Å². The van der Waals surface area contributed by atoms with Crippen LogP contribution in [0.5, 0.6) is 0 Å². The molecular weight excluding hydrogens is 252 g/mol. The maximum Gasteiger partial charge on any atom is 0.0884 e. The van der Waals surface area contributed by atoms with Crippen molar-refractivity contribution in [1.82, 2.24) is 0 Å². The summed E-state index contributed by atoms with van der Waals surface area (Å²) in [5.74, 6) is 0.694. The molecule has 1 N–H and O–H groups in total. The Labute approximate surface area is 119 Å². The van der Waals surface area contributed by atoms with E-state index in [1.165, 1.54) is 10.5 Å². The highest BCUT2D eigenvalue weighted by Crippen LogP contribution is 2.25. The second kappa shape index (κ2) is 7.37. The molecule has 0 amide bonds. The fourth-order valence-corrected chi connectivity index (χ4v) is 2.93. The molecule has 0 saturated heterocycles. The van der Waals surface area contributed by atoms with E-state index in [0.29, 0.717) is 5.75 Å². The normalized spacial score (nSPS) is 12.3. The Balaban J connectivity index is 1.95. The molecule has 0 saturated carbocycles. The number of aryl methyl sites for hydroxylation is 1. The van der Waals surface area contributed by atoms with Crippen LogP contribution in [0, 0.1) is 0 Å². The molecule has 0 aliphatic carbocycles. The van der Waals surface area contributed by atoms with Gasteiger partial charge in [-0.05, 0) is 29.7 Å². The molecule has 0 fully saturated rings. The van der Waals surface area contributed by atoms with Crippen molar-refractivity contribution in [2.45, 2.75) is 30.8 Å². The van der Waals surface area contributed by atoms with Crippen molar-refractivity contribution in [2.75, 3.05) is 5.75 Å². The van der Waals surface area contributed by atoms with Gasteiger partial charge < -0.3 is 5.11 Å². The van der Waals surface area contributed by atoms with Crippen LogP contribution in [0.2, 0.25) is 0 Å². The molecule has 2 aromatic carbocycles. The predicted molar refractivity (Wildman–Crippen MR) is 82.6 cm³/mol. The first kappa shape index (κ1) is 14.2. The first-order chi connectivity index (χ1) is 9.29. The smallest absolute Gasteiger partial charge is 0.0884 e. The third-order valence-electron chi connectivity index (χ3n) is 3.03. The molecular formula is C17H20OS. The third kappa shape index (κ3) is 4.41. The van der Waals surface area contributed by atoms with E-state index in [1.54, 1.807) is 11.8 Å². The van der Waals surface area contributed by atoms with Crippen LogP contribution in [0.3, 0.4) is 0 Å². The minimum Gasteiger partial charge on any atom is -0.388 e. The number of hydrogen-bond donors (Lipinski definition) is 1. The van der Waals surface area contributed by atoms with E-state index in [2.05, 4.69) is 31.2 Å². The molecule has 2 heteroatoms. The molecule has 1 nitrogen and oxygen atoms in total. The van der Waals surface area contributed by atoms with Crippen molar-refractivity contribution in [3.05, 3.63) is 65.7 Å². The second-order valence-electron chi connectivity index (χ2n) is 4.63. The van der Waals surface area contributed by atoms with Crippen LogP contribution in [-0.2, 0) is 6.42 Å². The predicted octanol–water partition coefficient (Wildman–Crippen LogP) is 4.46. The SMILES string of the molecule is CCCc1cccc(C(O)CSc2ccccc2)c1. The molecule has 2 rings (SSSR count). The zero-order valence-electron chi connectivity index (χ0n) is 11.3. The van der Waals surface area contributed by atoms with Crippen molar-refractivity contribution in [1.29, 1.82) is 0 Å². The summed E-state index contributed by atoms with van der Waals surface area (Å²) in [7, 11) is 0. The number of hydrogen-bond acceptors (Lipinski definition) is 2. The van der Waals surface area contributed by atoms with Gasteiger partial charge in [-0.15, -0.1) is 11.8 Å². The molecule has 0 radical (unpaired) electrons. The Morgan fingerprint density at radius 2 is 1.84 bits per heavy atom. The molecule has 0 aliphatic rings. The summed E-state index contributed by atoms with van der Waals surface area (Å²) < 4.78 is 0. The van der Waals surface area contributed by atoms with E-state index in [4.69, 9.17) is 0 Å². The topological polar surface area (TPSA) is 20.2 Å². The Morgan fingerprint density at radius 1 is 1.05 bits per heavy atom. The summed E-state index contributed by atoms with van der Waals surface area (Å²) in [5.41, 5.74) is 2.33. The van der Waals surface area contributed by atoms with Crippen LogP contribution in [0.1, 0.15) is 30.6 Å². The molecule has 2 aromatic rings. The number of aliphatic hydroxyl groups is 1. The van der Waals surface area contributed by atoms with E-state index in [-0.39, 0.29) is 0 Å². The standard InChI is InChI=1S/C17H20OS/c1-2-7-14-8-6-9-15(12-14)17(18)13-19-16-10-4-3-5-11-16/h3-6,8-12,17-18H,2,7,13H2,1H3.